The van der Waals surface area contributed by atoms with E-state index < -0.39 is 16.6 Å². The van der Waals surface area contributed by atoms with Crippen LogP contribution in [0.15, 0.2) is 30.3 Å². The Labute approximate surface area is 212 Å². The summed E-state index contributed by atoms with van der Waals surface area (Å²) >= 11 is 0. The highest BCUT2D eigenvalue weighted by molar-refractivity contribution is 5.94. The third-order valence-corrected chi connectivity index (χ3v) is 9.93. The molecule has 0 radical (unpaired) electrons. The summed E-state index contributed by atoms with van der Waals surface area (Å²) in [5.41, 5.74) is 2.60. The van der Waals surface area contributed by atoms with E-state index in [4.69, 9.17) is 4.74 Å². The van der Waals surface area contributed by atoms with Gasteiger partial charge in [-0.2, -0.15) is 0 Å². The van der Waals surface area contributed by atoms with E-state index in [1.807, 2.05) is 38.1 Å². The van der Waals surface area contributed by atoms with Gasteiger partial charge in [0.2, 0.25) is 0 Å². The number of likely N-dealkylation sites (tertiary alicyclic amines) is 1. The summed E-state index contributed by atoms with van der Waals surface area (Å²) in [5, 5.41) is 23.3. The number of hydrogen-bond donors (Lipinski definition) is 2. The van der Waals surface area contributed by atoms with Gasteiger partial charge in [-0.15, -0.1) is 0 Å². The van der Waals surface area contributed by atoms with E-state index in [1.165, 1.54) is 5.56 Å². The number of phenolic OH excluding ortho intramolecular Hbond substituents is 1. The summed E-state index contributed by atoms with van der Waals surface area (Å²) in [6.45, 7) is 6.93. The minimum absolute atomic E-state index is 0.0382. The third kappa shape index (κ3) is 2.73. The van der Waals surface area contributed by atoms with Crippen molar-refractivity contribution in [2.75, 3.05) is 20.6 Å². The van der Waals surface area contributed by atoms with Crippen LogP contribution in [0.4, 0.5) is 0 Å². The Morgan fingerprint density at radius 3 is 2.72 bits per heavy atom. The zero-order valence-corrected chi connectivity index (χ0v) is 21.7. The fourth-order valence-electron chi connectivity index (χ4n) is 7.92. The highest BCUT2D eigenvalue weighted by atomic mass is 16.5. The number of amides is 1. The second-order valence-electron chi connectivity index (χ2n) is 11.5. The lowest BCUT2D eigenvalue weighted by Gasteiger charge is -2.67. The minimum atomic E-state index is -1.01. The van der Waals surface area contributed by atoms with Crippen molar-refractivity contribution in [2.24, 2.45) is 0 Å². The van der Waals surface area contributed by atoms with Gasteiger partial charge in [0.15, 0.2) is 11.5 Å². The fourth-order valence-corrected chi connectivity index (χ4v) is 7.92. The first-order valence-corrected chi connectivity index (χ1v) is 12.9. The van der Waals surface area contributed by atoms with E-state index in [0.717, 1.165) is 35.2 Å². The largest absolute Gasteiger partial charge is 0.504 e. The third-order valence-electron chi connectivity index (χ3n) is 9.93. The number of aromatic hydroxyl groups is 1. The molecule has 0 unspecified atom stereocenters. The molecule has 6 nitrogen and oxygen atoms in total. The quantitative estimate of drug-likeness (QED) is 0.607. The first-order valence-electron chi connectivity index (χ1n) is 12.9. The standard InChI is InChI=1S/C30H34N2O4/c1-18-6-7-20(16-19(18)2)8-11-25(34)32(5)23-12-13-30(35)24-17-21-9-10-22(33)27-26(21)29(30,14-15-31(24)4)28(23,3)36-27/h6-7,9-10,16,23-24,33,35H,12-15,17H2,1-5H3/t23-,24+,28-,29-,30+/m0/s1. The number of carbonyl (C=O) groups is 1. The maximum absolute atomic E-state index is 13.4. The highest BCUT2D eigenvalue weighted by Crippen LogP contribution is 2.69. The predicted molar refractivity (Wildman–Crippen MR) is 137 cm³/mol. The van der Waals surface area contributed by atoms with Crippen molar-refractivity contribution < 1.29 is 19.7 Å². The molecule has 4 aliphatic rings. The van der Waals surface area contributed by atoms with Crippen LogP contribution in [-0.2, 0) is 16.6 Å². The maximum atomic E-state index is 13.4. The van der Waals surface area contributed by atoms with E-state index >= 15 is 0 Å². The molecule has 6 rings (SSSR count). The molecule has 1 saturated heterocycles. The van der Waals surface area contributed by atoms with Crippen molar-refractivity contribution in [3.63, 3.8) is 0 Å². The molecule has 36 heavy (non-hydrogen) atoms. The topological polar surface area (TPSA) is 73.2 Å². The second-order valence-corrected chi connectivity index (χ2v) is 11.5. The molecule has 188 valence electrons. The van der Waals surface area contributed by atoms with Gasteiger partial charge >= 0.3 is 0 Å². The molecule has 2 fully saturated rings. The number of hydrogen-bond acceptors (Lipinski definition) is 5. The van der Waals surface area contributed by atoms with Gasteiger partial charge in [-0.05, 0) is 94.9 Å². The molecule has 2 bridgehead atoms. The van der Waals surface area contributed by atoms with Gasteiger partial charge < -0.3 is 24.7 Å². The van der Waals surface area contributed by atoms with Gasteiger partial charge in [0.1, 0.15) is 5.60 Å². The number of phenols is 1. The van der Waals surface area contributed by atoms with Gasteiger partial charge in [0.05, 0.1) is 17.1 Å². The number of rotatable bonds is 1. The Hall–Kier alpha value is -3.01. The Morgan fingerprint density at radius 1 is 1.19 bits per heavy atom. The van der Waals surface area contributed by atoms with Crippen molar-refractivity contribution in [2.45, 2.75) is 75.2 Å². The van der Waals surface area contributed by atoms with Gasteiger partial charge in [0.25, 0.3) is 5.91 Å². The number of aryl methyl sites for hydroxylation is 2. The summed E-state index contributed by atoms with van der Waals surface area (Å²) in [4.78, 5) is 17.3. The normalized spacial score (nSPS) is 33.7. The number of nitrogens with zero attached hydrogens (tertiary/aromatic N) is 2. The van der Waals surface area contributed by atoms with Crippen LogP contribution in [0.5, 0.6) is 11.5 Å². The van der Waals surface area contributed by atoms with Gasteiger partial charge in [-0.1, -0.05) is 18.1 Å². The van der Waals surface area contributed by atoms with Crippen LogP contribution in [0.3, 0.4) is 0 Å². The summed E-state index contributed by atoms with van der Waals surface area (Å²) in [7, 11) is 3.87. The van der Waals surface area contributed by atoms with Crippen molar-refractivity contribution in [3.05, 3.63) is 58.1 Å². The van der Waals surface area contributed by atoms with Crippen molar-refractivity contribution in [1.82, 2.24) is 9.80 Å². The zero-order chi connectivity index (χ0) is 25.6. The average molecular weight is 487 g/mol. The van der Waals surface area contributed by atoms with Crippen LogP contribution >= 0.6 is 0 Å². The molecule has 2 aromatic rings. The molecule has 1 saturated carbocycles. The van der Waals surface area contributed by atoms with Gasteiger partial charge in [-0.25, -0.2) is 0 Å². The number of piperidine rings is 1. The monoisotopic (exact) mass is 486 g/mol. The van der Waals surface area contributed by atoms with E-state index in [2.05, 4.69) is 30.7 Å². The number of likely N-dealkylation sites (N-methyl/N-ethyl adjacent to an activating group) is 2. The first-order chi connectivity index (χ1) is 17.0. The summed E-state index contributed by atoms with van der Waals surface area (Å²) in [6.07, 6.45) is 2.57. The Balaban J connectivity index is 1.42. The molecular formula is C30H34N2O4. The Bertz CT molecular complexity index is 1360. The smallest absolute Gasteiger partial charge is 0.298 e. The summed E-state index contributed by atoms with van der Waals surface area (Å²) < 4.78 is 6.70. The molecule has 2 aliphatic heterocycles. The van der Waals surface area contributed by atoms with E-state index in [-0.39, 0.29) is 23.7 Å². The predicted octanol–water partition coefficient (Wildman–Crippen LogP) is 3.06. The average Bonchev–Trinajstić information content (AvgIpc) is 3.12. The van der Waals surface area contributed by atoms with Crippen LogP contribution in [-0.4, -0.2) is 69.8 Å². The number of benzene rings is 2. The van der Waals surface area contributed by atoms with Crippen molar-refractivity contribution in [1.29, 1.82) is 0 Å². The SMILES string of the molecule is Cc1ccc(C#CC(=O)N(C)[C@H]2CC[C@@]3(O)[C@H]4Cc5ccc(O)c6c5[C@@]3(CCN4C)[C@@]2(C)O6)cc1C. The zero-order valence-electron chi connectivity index (χ0n) is 21.7. The minimum Gasteiger partial charge on any atom is -0.504 e. The molecule has 2 heterocycles. The summed E-state index contributed by atoms with van der Waals surface area (Å²) in [5.74, 6) is 6.18. The summed E-state index contributed by atoms with van der Waals surface area (Å²) in [6, 6.07) is 9.28. The number of aliphatic hydroxyl groups is 1. The lowest BCUT2D eigenvalue weighted by Crippen LogP contribution is -2.81. The van der Waals surface area contributed by atoms with E-state index in [9.17, 15) is 15.0 Å². The van der Waals surface area contributed by atoms with Crippen molar-refractivity contribution in [3.8, 4) is 23.3 Å². The Kier molecular flexibility index (Phi) is 4.88. The molecule has 2 aromatic carbocycles. The fraction of sp³-hybridized carbons (Fsp3) is 0.500. The Morgan fingerprint density at radius 2 is 1.97 bits per heavy atom. The molecule has 1 amide bonds. The van der Waals surface area contributed by atoms with Gasteiger partial charge in [-0.3, -0.25) is 4.79 Å². The number of carbonyl (C=O) groups excluding carboxylic acids is 1. The molecule has 5 atom stereocenters. The van der Waals surface area contributed by atoms with Crippen LogP contribution < -0.4 is 4.74 Å². The maximum Gasteiger partial charge on any atom is 0.298 e. The lowest BCUT2D eigenvalue weighted by atomic mass is 9.44. The van der Waals surface area contributed by atoms with Gasteiger partial charge in [0, 0.05) is 30.1 Å². The molecule has 0 aromatic heterocycles. The van der Waals surface area contributed by atoms with Crippen molar-refractivity contribution >= 4 is 5.91 Å². The molecular weight excluding hydrogens is 452 g/mol. The van der Waals surface area contributed by atoms with Crippen LogP contribution in [0.25, 0.3) is 0 Å². The second kappa shape index (κ2) is 7.50. The lowest BCUT2D eigenvalue weighted by molar-refractivity contribution is -0.226. The highest BCUT2D eigenvalue weighted by Gasteiger charge is 2.78. The van der Waals surface area contributed by atoms with E-state index in [1.54, 1.807) is 18.0 Å². The molecule has 1 spiro atoms. The molecule has 2 N–H and O–H groups in total. The van der Waals surface area contributed by atoms with E-state index in [0.29, 0.717) is 25.0 Å². The molecule has 2 aliphatic carbocycles. The first kappa shape index (κ1) is 23.4. The van der Waals surface area contributed by atoms with Crippen LogP contribution in [0.1, 0.15) is 54.0 Å². The van der Waals surface area contributed by atoms with Crippen LogP contribution in [0, 0.1) is 25.7 Å². The van der Waals surface area contributed by atoms with Crippen LogP contribution in [0.2, 0.25) is 0 Å². The molecule has 6 heteroatoms. The number of ether oxygens (including phenoxy) is 1.